The van der Waals surface area contributed by atoms with E-state index in [-0.39, 0.29) is 6.54 Å². The Morgan fingerprint density at radius 3 is 3.11 bits per heavy atom. The monoisotopic (exact) mass is 281 g/mol. The third-order valence-corrected chi connectivity index (χ3v) is 3.45. The Balaban J connectivity index is 1.95. The molecule has 2 aromatic heterocycles. The molecule has 102 valence electrons. The van der Waals surface area contributed by atoms with E-state index in [2.05, 4.69) is 15.5 Å². The Hall–Kier alpha value is -1.73. The van der Waals surface area contributed by atoms with Gasteiger partial charge in [0.15, 0.2) is 0 Å². The van der Waals surface area contributed by atoms with Gasteiger partial charge in [0.2, 0.25) is 11.7 Å². The summed E-state index contributed by atoms with van der Waals surface area (Å²) in [5, 5.41) is 17.7. The number of aromatic nitrogens is 2. The summed E-state index contributed by atoms with van der Waals surface area (Å²) < 4.78 is 5.09. The van der Waals surface area contributed by atoms with Crippen LogP contribution in [0.1, 0.15) is 25.7 Å². The molecule has 1 atom stereocenters. The van der Waals surface area contributed by atoms with Gasteiger partial charge in [0, 0.05) is 0 Å². The van der Waals surface area contributed by atoms with Gasteiger partial charge in [0.05, 0.1) is 11.4 Å². The highest BCUT2D eigenvalue weighted by molar-refractivity contribution is 7.13. The molecule has 2 heterocycles. The maximum atomic E-state index is 11.0. The van der Waals surface area contributed by atoms with Crippen molar-refractivity contribution in [2.75, 3.05) is 0 Å². The second kappa shape index (κ2) is 6.44. The summed E-state index contributed by atoms with van der Waals surface area (Å²) in [6.07, 6.45) is 1.37. The van der Waals surface area contributed by atoms with E-state index in [1.165, 1.54) is 11.3 Å². The van der Waals surface area contributed by atoms with Gasteiger partial charge in [-0.2, -0.15) is 4.98 Å². The highest BCUT2D eigenvalue weighted by Gasteiger charge is 2.17. The molecule has 19 heavy (non-hydrogen) atoms. The Labute approximate surface area is 114 Å². The van der Waals surface area contributed by atoms with Gasteiger partial charge in [-0.3, -0.25) is 10.1 Å². The lowest BCUT2D eigenvalue weighted by Crippen LogP contribution is -2.36. The third kappa shape index (κ3) is 3.62. The van der Waals surface area contributed by atoms with Gasteiger partial charge in [-0.1, -0.05) is 24.6 Å². The van der Waals surface area contributed by atoms with Crippen LogP contribution in [0.15, 0.2) is 22.0 Å². The second-order valence-corrected chi connectivity index (χ2v) is 5.00. The molecule has 0 aromatic carbocycles. The van der Waals surface area contributed by atoms with E-state index in [4.69, 9.17) is 9.63 Å². The average molecular weight is 281 g/mol. The standard InChI is InChI=1S/C12H15N3O3S/c1-2-4-8(12(16)17)13-7-10-14-11(15-18-10)9-5-3-6-19-9/h3,5-6,8,13H,2,4,7H2,1H3,(H,16,17). The second-order valence-electron chi connectivity index (χ2n) is 4.05. The minimum absolute atomic E-state index is 0.259. The number of hydrogen-bond acceptors (Lipinski definition) is 6. The SMILES string of the molecule is CCCC(NCc1nc(-c2cccs2)no1)C(=O)O. The first-order chi connectivity index (χ1) is 9.20. The molecule has 0 bridgehead atoms. The molecule has 2 rings (SSSR count). The third-order valence-electron chi connectivity index (χ3n) is 2.58. The van der Waals surface area contributed by atoms with Gasteiger partial charge in [0.1, 0.15) is 6.04 Å². The van der Waals surface area contributed by atoms with Gasteiger partial charge >= 0.3 is 5.97 Å². The number of carbonyl (C=O) groups is 1. The molecular formula is C12H15N3O3S. The topological polar surface area (TPSA) is 88.3 Å². The number of carboxylic acids is 1. The van der Waals surface area contributed by atoms with E-state index < -0.39 is 12.0 Å². The van der Waals surface area contributed by atoms with Gasteiger partial charge in [-0.25, -0.2) is 0 Å². The van der Waals surface area contributed by atoms with Crippen molar-refractivity contribution >= 4 is 17.3 Å². The van der Waals surface area contributed by atoms with Crippen LogP contribution in [0.4, 0.5) is 0 Å². The van der Waals surface area contributed by atoms with Crippen LogP contribution < -0.4 is 5.32 Å². The lowest BCUT2D eigenvalue weighted by molar-refractivity contribution is -0.139. The van der Waals surface area contributed by atoms with E-state index in [0.29, 0.717) is 18.1 Å². The molecular weight excluding hydrogens is 266 g/mol. The lowest BCUT2D eigenvalue weighted by Gasteiger charge is -2.10. The van der Waals surface area contributed by atoms with Crippen LogP contribution in [0, 0.1) is 0 Å². The summed E-state index contributed by atoms with van der Waals surface area (Å²) in [6.45, 7) is 2.20. The molecule has 2 aromatic rings. The van der Waals surface area contributed by atoms with Gasteiger partial charge < -0.3 is 9.63 Å². The highest BCUT2D eigenvalue weighted by Crippen LogP contribution is 2.21. The Morgan fingerprint density at radius 1 is 1.63 bits per heavy atom. The number of carboxylic acid groups (broad SMARTS) is 1. The molecule has 0 aliphatic heterocycles. The quantitative estimate of drug-likeness (QED) is 0.808. The Bertz CT molecular complexity index is 524. The lowest BCUT2D eigenvalue weighted by atomic mass is 10.2. The fourth-order valence-corrected chi connectivity index (χ4v) is 2.29. The van der Waals surface area contributed by atoms with Crippen molar-refractivity contribution < 1.29 is 14.4 Å². The van der Waals surface area contributed by atoms with Gasteiger partial charge in [0.25, 0.3) is 0 Å². The van der Waals surface area contributed by atoms with Crippen molar-refractivity contribution in [2.45, 2.75) is 32.4 Å². The van der Waals surface area contributed by atoms with Crippen molar-refractivity contribution in [1.29, 1.82) is 0 Å². The summed E-state index contributed by atoms with van der Waals surface area (Å²) in [5.74, 6) is 0.0692. The van der Waals surface area contributed by atoms with Gasteiger partial charge in [-0.05, 0) is 17.9 Å². The molecule has 0 aliphatic rings. The van der Waals surface area contributed by atoms with Crippen LogP contribution in [0.5, 0.6) is 0 Å². The van der Waals surface area contributed by atoms with E-state index in [9.17, 15) is 4.79 Å². The fraction of sp³-hybridized carbons (Fsp3) is 0.417. The Morgan fingerprint density at radius 2 is 2.47 bits per heavy atom. The predicted octanol–water partition coefficient (Wildman–Crippen LogP) is 2.14. The molecule has 0 saturated carbocycles. The molecule has 0 radical (unpaired) electrons. The first-order valence-electron chi connectivity index (χ1n) is 6.03. The highest BCUT2D eigenvalue weighted by atomic mass is 32.1. The van der Waals surface area contributed by atoms with Crippen LogP contribution in [0.25, 0.3) is 10.7 Å². The Kier molecular flexibility index (Phi) is 4.64. The zero-order valence-electron chi connectivity index (χ0n) is 10.5. The summed E-state index contributed by atoms with van der Waals surface area (Å²) in [7, 11) is 0. The number of hydrogen-bond donors (Lipinski definition) is 2. The van der Waals surface area contributed by atoms with Crippen LogP contribution >= 0.6 is 11.3 Å². The van der Waals surface area contributed by atoms with Crippen LogP contribution in [0.3, 0.4) is 0 Å². The molecule has 0 saturated heterocycles. The summed E-state index contributed by atoms with van der Waals surface area (Å²) >= 11 is 1.53. The number of aliphatic carboxylic acids is 1. The number of nitrogens with one attached hydrogen (secondary N) is 1. The van der Waals surface area contributed by atoms with E-state index in [0.717, 1.165) is 11.3 Å². The number of nitrogens with zero attached hydrogens (tertiary/aromatic N) is 2. The minimum Gasteiger partial charge on any atom is -0.480 e. The smallest absolute Gasteiger partial charge is 0.320 e. The zero-order valence-corrected chi connectivity index (χ0v) is 11.3. The first-order valence-corrected chi connectivity index (χ1v) is 6.91. The largest absolute Gasteiger partial charge is 0.480 e. The molecule has 0 aliphatic carbocycles. The van der Waals surface area contributed by atoms with Crippen LogP contribution in [-0.2, 0) is 11.3 Å². The van der Waals surface area contributed by atoms with Gasteiger partial charge in [-0.15, -0.1) is 11.3 Å². The molecule has 7 heteroatoms. The van der Waals surface area contributed by atoms with Crippen LogP contribution in [-0.4, -0.2) is 27.3 Å². The molecule has 6 nitrogen and oxygen atoms in total. The number of thiophene rings is 1. The molecule has 0 spiro atoms. The normalized spacial score (nSPS) is 12.5. The van der Waals surface area contributed by atoms with Crippen molar-refractivity contribution in [3.63, 3.8) is 0 Å². The van der Waals surface area contributed by atoms with Crippen molar-refractivity contribution in [1.82, 2.24) is 15.5 Å². The number of rotatable bonds is 7. The maximum Gasteiger partial charge on any atom is 0.320 e. The van der Waals surface area contributed by atoms with Crippen LogP contribution in [0.2, 0.25) is 0 Å². The molecule has 0 amide bonds. The predicted molar refractivity (Wildman–Crippen MR) is 70.8 cm³/mol. The van der Waals surface area contributed by atoms with Crippen molar-refractivity contribution in [2.24, 2.45) is 0 Å². The summed E-state index contributed by atoms with van der Waals surface area (Å²) in [5.41, 5.74) is 0. The summed E-state index contributed by atoms with van der Waals surface area (Å²) in [4.78, 5) is 16.1. The average Bonchev–Trinajstić information content (AvgIpc) is 3.04. The van der Waals surface area contributed by atoms with E-state index in [1.807, 2.05) is 24.4 Å². The zero-order chi connectivity index (χ0) is 13.7. The van der Waals surface area contributed by atoms with E-state index in [1.54, 1.807) is 0 Å². The molecule has 0 fully saturated rings. The summed E-state index contributed by atoms with van der Waals surface area (Å²) in [6, 6.07) is 3.24. The molecule has 1 unspecified atom stereocenters. The minimum atomic E-state index is -0.861. The first kappa shape index (κ1) is 13.7. The van der Waals surface area contributed by atoms with Crippen molar-refractivity contribution in [3.8, 4) is 10.7 Å². The van der Waals surface area contributed by atoms with Crippen molar-refractivity contribution in [3.05, 3.63) is 23.4 Å². The fourth-order valence-electron chi connectivity index (χ4n) is 1.64. The maximum absolute atomic E-state index is 11.0. The van der Waals surface area contributed by atoms with E-state index >= 15 is 0 Å². The molecule has 2 N–H and O–H groups in total.